The van der Waals surface area contributed by atoms with E-state index in [9.17, 15) is 4.79 Å². The third-order valence-electron chi connectivity index (χ3n) is 4.95. The zero-order valence-corrected chi connectivity index (χ0v) is 16.1. The first-order valence-corrected chi connectivity index (χ1v) is 8.94. The van der Waals surface area contributed by atoms with Crippen molar-refractivity contribution in [2.24, 2.45) is 7.05 Å². The highest BCUT2D eigenvalue weighted by atomic mass is 16.2. The molecular weight excluding hydrogens is 330 g/mol. The average Bonchev–Trinajstić information content (AvgIpc) is 3.20. The lowest BCUT2D eigenvalue weighted by atomic mass is 10.2. The molecule has 8 nitrogen and oxygen atoms in total. The van der Waals surface area contributed by atoms with Crippen molar-refractivity contribution in [3.8, 4) is 0 Å². The van der Waals surface area contributed by atoms with Crippen LogP contribution in [0.2, 0.25) is 0 Å². The summed E-state index contributed by atoms with van der Waals surface area (Å²) in [5.41, 5.74) is 4.08. The molecule has 1 aliphatic heterocycles. The van der Waals surface area contributed by atoms with Gasteiger partial charge in [0.2, 0.25) is 5.82 Å². The fourth-order valence-electron chi connectivity index (χ4n) is 3.33. The Hall–Kier alpha value is -2.48. The van der Waals surface area contributed by atoms with E-state index in [0.717, 1.165) is 48.8 Å². The minimum atomic E-state index is -0.255. The van der Waals surface area contributed by atoms with Crippen LogP contribution in [-0.2, 0) is 13.6 Å². The minimum absolute atomic E-state index is 0.229. The van der Waals surface area contributed by atoms with E-state index in [1.165, 1.54) is 5.69 Å². The van der Waals surface area contributed by atoms with E-state index in [0.29, 0.717) is 6.04 Å². The minimum Gasteiger partial charge on any atom is -0.355 e. The largest absolute Gasteiger partial charge is 0.355 e. The summed E-state index contributed by atoms with van der Waals surface area (Å²) in [6.45, 7) is 8.50. The molecule has 2 N–H and O–H groups in total. The maximum atomic E-state index is 11.9. The quantitative estimate of drug-likeness (QED) is 0.825. The number of aromatic nitrogens is 4. The van der Waals surface area contributed by atoms with Crippen molar-refractivity contribution in [3.05, 3.63) is 34.5 Å². The van der Waals surface area contributed by atoms with Gasteiger partial charge in [0, 0.05) is 51.0 Å². The molecule has 0 unspecified atom stereocenters. The van der Waals surface area contributed by atoms with Crippen LogP contribution in [0.4, 0.5) is 5.82 Å². The predicted molar refractivity (Wildman–Crippen MR) is 100 cm³/mol. The van der Waals surface area contributed by atoms with E-state index in [1.807, 2.05) is 32.5 Å². The topological polar surface area (TPSA) is 88.0 Å². The first kappa shape index (κ1) is 18.3. The summed E-state index contributed by atoms with van der Waals surface area (Å²) in [6.07, 6.45) is 1.04. The summed E-state index contributed by atoms with van der Waals surface area (Å²) < 4.78 is 1.92. The number of hydrogen-bond donors (Lipinski definition) is 2. The number of hydrogen-bond acceptors (Lipinski definition) is 6. The van der Waals surface area contributed by atoms with Crippen LogP contribution in [0.25, 0.3) is 0 Å². The third-order valence-corrected chi connectivity index (χ3v) is 4.95. The van der Waals surface area contributed by atoms with Crippen LogP contribution in [0.3, 0.4) is 0 Å². The van der Waals surface area contributed by atoms with E-state index in [2.05, 4.69) is 36.7 Å². The molecule has 0 bridgehead atoms. The number of rotatable bonds is 5. The Morgan fingerprint density at radius 3 is 2.73 bits per heavy atom. The van der Waals surface area contributed by atoms with Crippen molar-refractivity contribution >= 4 is 11.7 Å². The third kappa shape index (κ3) is 3.70. The normalized spacial score (nSPS) is 17.0. The molecule has 0 spiro atoms. The van der Waals surface area contributed by atoms with Gasteiger partial charge >= 0.3 is 0 Å². The van der Waals surface area contributed by atoms with Crippen LogP contribution in [0.5, 0.6) is 0 Å². The smallest absolute Gasteiger partial charge is 0.288 e. The summed E-state index contributed by atoms with van der Waals surface area (Å²) >= 11 is 0. The molecule has 0 radical (unpaired) electrons. The van der Waals surface area contributed by atoms with E-state index in [1.54, 1.807) is 7.05 Å². The van der Waals surface area contributed by atoms with Crippen LogP contribution >= 0.6 is 0 Å². The molecule has 0 aromatic carbocycles. The van der Waals surface area contributed by atoms with Gasteiger partial charge in [0.15, 0.2) is 0 Å². The van der Waals surface area contributed by atoms with E-state index < -0.39 is 0 Å². The first-order chi connectivity index (χ1) is 12.4. The van der Waals surface area contributed by atoms with E-state index in [-0.39, 0.29) is 11.7 Å². The van der Waals surface area contributed by atoms with E-state index >= 15 is 0 Å². The summed E-state index contributed by atoms with van der Waals surface area (Å²) in [5, 5.41) is 10.6. The summed E-state index contributed by atoms with van der Waals surface area (Å²) in [6, 6.07) is 2.48. The maximum absolute atomic E-state index is 11.9. The Morgan fingerprint density at radius 1 is 1.31 bits per heavy atom. The lowest BCUT2D eigenvalue weighted by Gasteiger charge is -2.21. The lowest BCUT2D eigenvalue weighted by Crippen LogP contribution is -2.33. The fourth-order valence-corrected chi connectivity index (χ4v) is 3.33. The van der Waals surface area contributed by atoms with Gasteiger partial charge in [-0.05, 0) is 33.3 Å². The molecule has 2 aromatic rings. The van der Waals surface area contributed by atoms with Gasteiger partial charge in [-0.25, -0.2) is 9.97 Å². The molecule has 140 valence electrons. The zero-order chi connectivity index (χ0) is 18.8. The van der Waals surface area contributed by atoms with Crippen LogP contribution < -0.4 is 15.5 Å². The molecule has 1 amide bonds. The second kappa shape index (κ2) is 7.41. The van der Waals surface area contributed by atoms with Crippen molar-refractivity contribution in [3.63, 3.8) is 0 Å². The van der Waals surface area contributed by atoms with Gasteiger partial charge in [0.1, 0.15) is 5.82 Å². The summed E-state index contributed by atoms with van der Waals surface area (Å²) in [7, 11) is 3.56. The van der Waals surface area contributed by atoms with Crippen molar-refractivity contribution in [2.45, 2.75) is 39.8 Å². The fraction of sp³-hybridized carbons (Fsp3) is 0.556. The zero-order valence-electron chi connectivity index (χ0n) is 16.1. The highest BCUT2D eigenvalue weighted by molar-refractivity contribution is 5.90. The summed E-state index contributed by atoms with van der Waals surface area (Å²) in [5.74, 6) is 0.832. The number of aryl methyl sites for hydroxylation is 3. The Labute approximate surface area is 154 Å². The van der Waals surface area contributed by atoms with Crippen LogP contribution in [0.1, 0.15) is 39.7 Å². The molecule has 1 saturated heterocycles. The number of nitrogens with zero attached hydrogens (tertiary/aromatic N) is 5. The molecule has 3 heterocycles. The van der Waals surface area contributed by atoms with Gasteiger partial charge in [0.25, 0.3) is 5.91 Å². The monoisotopic (exact) mass is 357 g/mol. The second-order valence-corrected chi connectivity index (χ2v) is 6.87. The number of carbonyl (C=O) groups excluding carboxylic acids is 1. The van der Waals surface area contributed by atoms with Crippen molar-refractivity contribution in [1.29, 1.82) is 0 Å². The van der Waals surface area contributed by atoms with Crippen molar-refractivity contribution in [2.75, 3.05) is 25.0 Å². The van der Waals surface area contributed by atoms with Crippen molar-refractivity contribution < 1.29 is 4.79 Å². The molecule has 1 aliphatic rings. The highest BCUT2D eigenvalue weighted by Gasteiger charge is 2.26. The Bertz CT molecular complexity index is 814. The van der Waals surface area contributed by atoms with Gasteiger partial charge in [-0.3, -0.25) is 9.48 Å². The van der Waals surface area contributed by atoms with Gasteiger partial charge in [-0.1, -0.05) is 0 Å². The molecule has 0 aliphatic carbocycles. The van der Waals surface area contributed by atoms with Gasteiger partial charge in [-0.2, -0.15) is 5.10 Å². The lowest BCUT2D eigenvalue weighted by molar-refractivity contribution is 0.0952. The van der Waals surface area contributed by atoms with E-state index in [4.69, 9.17) is 0 Å². The Morgan fingerprint density at radius 2 is 2.08 bits per heavy atom. The highest BCUT2D eigenvalue weighted by Crippen LogP contribution is 2.24. The number of amides is 1. The number of nitrogens with one attached hydrogen (secondary N) is 2. The average molecular weight is 357 g/mol. The summed E-state index contributed by atoms with van der Waals surface area (Å²) in [4.78, 5) is 23.0. The first-order valence-electron chi connectivity index (χ1n) is 8.94. The van der Waals surface area contributed by atoms with Crippen LogP contribution in [0, 0.1) is 20.8 Å². The SMILES string of the molecule is CNC(=O)c1nc(C)c(C)c(N2CC[C@@H](NCc3cc(C)nn3C)C2)n1. The maximum Gasteiger partial charge on any atom is 0.288 e. The molecule has 1 atom stereocenters. The number of carbonyl (C=O) groups is 1. The predicted octanol–water partition coefficient (Wildman–Crippen LogP) is 0.863. The van der Waals surface area contributed by atoms with Crippen LogP contribution in [0.15, 0.2) is 6.07 Å². The Kier molecular flexibility index (Phi) is 5.22. The second-order valence-electron chi connectivity index (χ2n) is 6.87. The molecule has 8 heteroatoms. The van der Waals surface area contributed by atoms with Crippen molar-refractivity contribution in [1.82, 2.24) is 30.4 Å². The van der Waals surface area contributed by atoms with Gasteiger partial charge in [-0.15, -0.1) is 0 Å². The standard InChI is InChI=1S/C18H27N7O/c1-11-8-15(24(5)23-11)9-20-14-6-7-25(10-14)17-12(2)13(3)21-16(22-17)18(26)19-4/h8,14,20H,6-7,9-10H2,1-5H3,(H,19,26)/t14-/m1/s1. The molecule has 26 heavy (non-hydrogen) atoms. The molecule has 3 rings (SSSR count). The molecular formula is C18H27N7O. The molecule has 1 fully saturated rings. The van der Waals surface area contributed by atoms with Gasteiger partial charge in [0.05, 0.1) is 11.4 Å². The Balaban J connectivity index is 1.69. The molecule has 2 aromatic heterocycles. The molecule has 0 saturated carbocycles. The van der Waals surface area contributed by atoms with Gasteiger partial charge < -0.3 is 15.5 Å². The van der Waals surface area contributed by atoms with Crippen LogP contribution in [-0.4, -0.2) is 51.8 Å². The number of anilines is 1.